The Labute approximate surface area is 154 Å². The van der Waals surface area contributed by atoms with Crippen molar-refractivity contribution in [3.05, 3.63) is 64.7 Å². The highest BCUT2D eigenvalue weighted by Crippen LogP contribution is 2.25. The predicted octanol–water partition coefficient (Wildman–Crippen LogP) is 2.97. The molecule has 2 aromatic carbocycles. The summed E-state index contributed by atoms with van der Waals surface area (Å²) in [6.45, 7) is 1.85. The molecule has 138 valence electrons. The maximum Gasteiger partial charge on any atom is 0.229 e. The van der Waals surface area contributed by atoms with Gasteiger partial charge in [-0.3, -0.25) is 9.52 Å². The van der Waals surface area contributed by atoms with Gasteiger partial charge < -0.3 is 5.32 Å². The number of para-hydroxylation sites is 1. The number of nitrogens with one attached hydrogen (secondary N) is 2. The van der Waals surface area contributed by atoms with E-state index in [1.807, 2.05) is 25.1 Å². The lowest BCUT2D eigenvalue weighted by Gasteiger charge is -2.18. The molecule has 0 aromatic heterocycles. The molecule has 1 unspecified atom stereocenters. The standard InChI is InChI=1S/C20H24N2O3S/c1-14(18-8-3-4-9-19(18)22-26(2,24)25)21-20(23)13-15-10-11-16-6-5-7-17(16)12-15/h3-4,8-12,14,22H,5-7,13H2,1-2H3,(H,21,23). The topological polar surface area (TPSA) is 75.3 Å². The van der Waals surface area contributed by atoms with Gasteiger partial charge in [0.25, 0.3) is 0 Å². The van der Waals surface area contributed by atoms with Gasteiger partial charge in [-0.25, -0.2) is 8.42 Å². The largest absolute Gasteiger partial charge is 0.349 e. The van der Waals surface area contributed by atoms with Gasteiger partial charge in [-0.05, 0) is 54.5 Å². The molecule has 0 spiro atoms. The van der Waals surface area contributed by atoms with E-state index in [0.717, 1.165) is 30.2 Å². The number of amides is 1. The van der Waals surface area contributed by atoms with E-state index in [9.17, 15) is 13.2 Å². The van der Waals surface area contributed by atoms with Crippen LogP contribution in [-0.2, 0) is 34.1 Å². The maximum atomic E-state index is 12.4. The summed E-state index contributed by atoms with van der Waals surface area (Å²) >= 11 is 0. The van der Waals surface area contributed by atoms with E-state index in [4.69, 9.17) is 0 Å². The second-order valence-electron chi connectivity index (χ2n) is 6.88. The van der Waals surface area contributed by atoms with E-state index in [2.05, 4.69) is 22.2 Å². The van der Waals surface area contributed by atoms with Gasteiger partial charge >= 0.3 is 0 Å². The lowest BCUT2D eigenvalue weighted by Crippen LogP contribution is -2.29. The summed E-state index contributed by atoms with van der Waals surface area (Å²) in [5.41, 5.74) is 4.98. The molecule has 6 heteroatoms. The second-order valence-corrected chi connectivity index (χ2v) is 8.63. The number of fused-ring (bicyclic) bond motifs is 1. The van der Waals surface area contributed by atoms with E-state index >= 15 is 0 Å². The van der Waals surface area contributed by atoms with Crippen molar-refractivity contribution in [1.82, 2.24) is 5.32 Å². The van der Waals surface area contributed by atoms with Gasteiger partial charge in [0, 0.05) is 0 Å². The highest BCUT2D eigenvalue weighted by molar-refractivity contribution is 7.92. The maximum absolute atomic E-state index is 12.4. The highest BCUT2D eigenvalue weighted by Gasteiger charge is 2.16. The van der Waals surface area contributed by atoms with Crippen LogP contribution in [0.15, 0.2) is 42.5 Å². The molecule has 5 nitrogen and oxygen atoms in total. The SMILES string of the molecule is CC(NC(=O)Cc1ccc2c(c1)CCC2)c1ccccc1NS(C)(=O)=O. The van der Waals surface area contributed by atoms with Crippen molar-refractivity contribution in [2.45, 2.75) is 38.6 Å². The van der Waals surface area contributed by atoms with Crippen molar-refractivity contribution in [2.75, 3.05) is 11.0 Å². The van der Waals surface area contributed by atoms with Gasteiger partial charge in [0.1, 0.15) is 0 Å². The molecular formula is C20H24N2O3S. The number of aryl methyl sites for hydroxylation is 2. The molecule has 0 heterocycles. The lowest BCUT2D eigenvalue weighted by molar-refractivity contribution is -0.121. The normalized spacial score (nSPS) is 14.5. The second kappa shape index (κ2) is 7.50. The number of anilines is 1. The van der Waals surface area contributed by atoms with Crippen LogP contribution in [0.25, 0.3) is 0 Å². The molecular weight excluding hydrogens is 348 g/mol. The molecule has 0 bridgehead atoms. The number of benzene rings is 2. The van der Waals surface area contributed by atoms with E-state index in [1.165, 1.54) is 17.5 Å². The first-order valence-corrected chi connectivity index (χ1v) is 10.7. The molecule has 1 atom stereocenters. The summed E-state index contributed by atoms with van der Waals surface area (Å²) < 4.78 is 25.6. The number of rotatable bonds is 6. The minimum absolute atomic E-state index is 0.0791. The monoisotopic (exact) mass is 372 g/mol. The number of hydrogen-bond donors (Lipinski definition) is 2. The average molecular weight is 372 g/mol. The van der Waals surface area contributed by atoms with Crippen LogP contribution in [0.2, 0.25) is 0 Å². The van der Waals surface area contributed by atoms with Crippen molar-refractivity contribution in [3.63, 3.8) is 0 Å². The lowest BCUT2D eigenvalue weighted by atomic mass is 10.0. The third-order valence-corrected chi connectivity index (χ3v) is 5.22. The third-order valence-electron chi connectivity index (χ3n) is 4.63. The molecule has 1 aliphatic carbocycles. The Bertz CT molecular complexity index is 922. The third kappa shape index (κ3) is 4.64. The van der Waals surface area contributed by atoms with Crippen molar-refractivity contribution in [3.8, 4) is 0 Å². The molecule has 1 amide bonds. The Balaban J connectivity index is 1.68. The predicted molar refractivity (Wildman–Crippen MR) is 104 cm³/mol. The molecule has 0 fully saturated rings. The van der Waals surface area contributed by atoms with Crippen LogP contribution < -0.4 is 10.0 Å². The minimum atomic E-state index is -3.38. The zero-order valence-corrected chi connectivity index (χ0v) is 15.9. The smallest absolute Gasteiger partial charge is 0.229 e. The first-order valence-electron chi connectivity index (χ1n) is 8.78. The van der Waals surface area contributed by atoms with E-state index < -0.39 is 10.0 Å². The van der Waals surface area contributed by atoms with Gasteiger partial charge in [0.05, 0.1) is 24.4 Å². The Hall–Kier alpha value is -2.34. The molecule has 2 aromatic rings. The Morgan fingerprint density at radius 3 is 2.62 bits per heavy atom. The first kappa shape index (κ1) is 18.5. The number of sulfonamides is 1. The van der Waals surface area contributed by atoms with Crippen LogP contribution in [0.1, 0.15) is 41.6 Å². The van der Waals surface area contributed by atoms with Gasteiger partial charge in [-0.1, -0.05) is 36.4 Å². The fraction of sp³-hybridized carbons (Fsp3) is 0.350. The summed E-state index contributed by atoms with van der Waals surface area (Å²) in [5.74, 6) is -0.0791. The molecule has 0 aliphatic heterocycles. The number of hydrogen-bond acceptors (Lipinski definition) is 3. The van der Waals surface area contributed by atoms with Crippen LogP contribution in [-0.4, -0.2) is 20.6 Å². The molecule has 0 saturated carbocycles. The summed E-state index contributed by atoms with van der Waals surface area (Å²) in [6, 6.07) is 13.1. The van der Waals surface area contributed by atoms with Crippen LogP contribution in [0.4, 0.5) is 5.69 Å². The van der Waals surface area contributed by atoms with Crippen LogP contribution >= 0.6 is 0 Å². The van der Waals surface area contributed by atoms with E-state index in [0.29, 0.717) is 12.1 Å². The number of carbonyl (C=O) groups is 1. The molecule has 2 N–H and O–H groups in total. The zero-order chi connectivity index (χ0) is 18.7. The van der Waals surface area contributed by atoms with Crippen LogP contribution in [0, 0.1) is 0 Å². The van der Waals surface area contributed by atoms with Gasteiger partial charge in [0.15, 0.2) is 0 Å². The quantitative estimate of drug-likeness (QED) is 0.819. The summed E-state index contributed by atoms with van der Waals surface area (Å²) in [5, 5.41) is 2.96. The zero-order valence-electron chi connectivity index (χ0n) is 15.1. The fourth-order valence-corrected chi connectivity index (χ4v) is 4.04. The van der Waals surface area contributed by atoms with E-state index in [-0.39, 0.29) is 11.9 Å². The Kier molecular flexibility index (Phi) is 5.32. The van der Waals surface area contributed by atoms with Crippen LogP contribution in [0.3, 0.4) is 0 Å². The van der Waals surface area contributed by atoms with Gasteiger partial charge in [0.2, 0.25) is 15.9 Å². The number of carbonyl (C=O) groups excluding carboxylic acids is 1. The first-order chi connectivity index (χ1) is 12.3. The van der Waals surface area contributed by atoms with Gasteiger partial charge in [-0.2, -0.15) is 0 Å². The summed E-state index contributed by atoms with van der Waals surface area (Å²) in [7, 11) is -3.38. The van der Waals surface area contributed by atoms with Crippen molar-refractivity contribution >= 4 is 21.6 Å². The van der Waals surface area contributed by atoms with E-state index in [1.54, 1.807) is 12.1 Å². The highest BCUT2D eigenvalue weighted by atomic mass is 32.2. The Morgan fingerprint density at radius 2 is 1.85 bits per heavy atom. The van der Waals surface area contributed by atoms with Crippen molar-refractivity contribution in [1.29, 1.82) is 0 Å². The average Bonchev–Trinajstić information content (AvgIpc) is 3.01. The Morgan fingerprint density at radius 1 is 1.12 bits per heavy atom. The summed E-state index contributed by atoms with van der Waals surface area (Å²) in [4.78, 5) is 12.4. The molecule has 26 heavy (non-hydrogen) atoms. The molecule has 0 radical (unpaired) electrons. The summed E-state index contributed by atoms with van der Waals surface area (Å²) in [6.07, 6.45) is 4.83. The minimum Gasteiger partial charge on any atom is -0.349 e. The van der Waals surface area contributed by atoms with Crippen molar-refractivity contribution < 1.29 is 13.2 Å². The fourth-order valence-electron chi connectivity index (χ4n) is 3.46. The molecule has 0 saturated heterocycles. The molecule has 3 rings (SSSR count). The van der Waals surface area contributed by atoms with Crippen LogP contribution in [0.5, 0.6) is 0 Å². The molecule has 1 aliphatic rings. The van der Waals surface area contributed by atoms with Gasteiger partial charge in [-0.15, -0.1) is 0 Å². The van der Waals surface area contributed by atoms with Crippen molar-refractivity contribution in [2.24, 2.45) is 0 Å².